The van der Waals surface area contributed by atoms with Crippen molar-refractivity contribution >= 4 is 71.2 Å². The minimum atomic E-state index is 0.508. The van der Waals surface area contributed by atoms with Crippen LogP contribution in [0.15, 0.2) is 120 Å². The van der Waals surface area contributed by atoms with Crippen LogP contribution in [0.5, 0.6) is 0 Å². The molecule has 0 saturated carbocycles. The highest BCUT2D eigenvalue weighted by Gasteiger charge is 2.19. The SMILES string of the molecule is [C-]#[N+]c1cccc2c1oc1cc3c4ccccc4n(-c4cccc(-n5c6ccccc6c6cc(C#N)ccc65)n4)c3cc12. The Morgan fingerprint density at radius 1 is 0.605 bits per heavy atom. The Labute approximate surface area is 244 Å². The predicted molar refractivity (Wildman–Crippen MR) is 171 cm³/mol. The van der Waals surface area contributed by atoms with Crippen molar-refractivity contribution in [3.05, 3.63) is 132 Å². The second-order valence-corrected chi connectivity index (χ2v) is 10.6. The van der Waals surface area contributed by atoms with Gasteiger partial charge in [0.2, 0.25) is 5.69 Å². The van der Waals surface area contributed by atoms with E-state index in [0.717, 1.165) is 71.6 Å². The highest BCUT2D eigenvalue weighted by atomic mass is 16.3. The minimum Gasteiger partial charge on any atom is -0.467 e. The highest BCUT2D eigenvalue weighted by Crippen LogP contribution is 2.40. The molecule has 0 fully saturated rings. The molecule has 0 bridgehead atoms. The molecular weight excluding hydrogens is 530 g/mol. The van der Waals surface area contributed by atoms with E-state index in [1.807, 2.05) is 72.8 Å². The molecule has 0 spiro atoms. The summed E-state index contributed by atoms with van der Waals surface area (Å²) in [5, 5.41) is 15.7. The molecule has 0 saturated heterocycles. The van der Waals surface area contributed by atoms with Crippen LogP contribution in [0.2, 0.25) is 0 Å². The topological polar surface area (TPSA) is 64.0 Å². The van der Waals surface area contributed by atoms with Crippen molar-refractivity contribution in [2.24, 2.45) is 0 Å². The van der Waals surface area contributed by atoms with E-state index < -0.39 is 0 Å². The summed E-state index contributed by atoms with van der Waals surface area (Å²) in [6, 6.07) is 40.7. The number of benzene rings is 5. The lowest BCUT2D eigenvalue weighted by molar-refractivity contribution is 0.671. The average Bonchev–Trinajstić information content (AvgIpc) is 3.70. The number of furan rings is 1. The number of rotatable bonds is 2. The molecule has 0 radical (unpaired) electrons. The van der Waals surface area contributed by atoms with Crippen molar-refractivity contribution in [1.29, 1.82) is 5.26 Å². The van der Waals surface area contributed by atoms with Crippen molar-refractivity contribution in [2.75, 3.05) is 0 Å². The van der Waals surface area contributed by atoms with Gasteiger partial charge < -0.3 is 4.42 Å². The molecule has 0 aliphatic heterocycles. The zero-order chi connectivity index (χ0) is 28.7. The standard InChI is InChI=1S/C37H19N5O/c1-39-29-11-6-10-25-28-19-33-27(20-34(28)43-37(25)29)24-9-3-5-13-31(24)42(33)36-15-7-14-35(40-36)41-30-12-4-2-8-23(30)26-18-22(21-38)16-17-32(26)41/h2-20H. The summed E-state index contributed by atoms with van der Waals surface area (Å²) < 4.78 is 10.6. The van der Waals surface area contributed by atoms with Gasteiger partial charge in [-0.05, 0) is 54.6 Å². The fourth-order valence-electron chi connectivity index (χ4n) is 6.53. The van der Waals surface area contributed by atoms with Crippen molar-refractivity contribution in [3.8, 4) is 17.7 Å². The Bertz CT molecular complexity index is 2710. The lowest BCUT2D eigenvalue weighted by atomic mass is 10.1. The van der Waals surface area contributed by atoms with Crippen LogP contribution in [0.1, 0.15) is 5.56 Å². The van der Waals surface area contributed by atoms with E-state index in [4.69, 9.17) is 16.0 Å². The Morgan fingerprint density at radius 3 is 1.95 bits per heavy atom. The molecule has 0 aliphatic carbocycles. The molecule has 6 nitrogen and oxygen atoms in total. The number of hydrogen-bond donors (Lipinski definition) is 0. The first-order chi connectivity index (χ1) is 21.2. The third-order valence-corrected chi connectivity index (χ3v) is 8.37. The van der Waals surface area contributed by atoms with Crippen LogP contribution >= 0.6 is 0 Å². The molecular formula is C37H19N5O. The Morgan fingerprint density at radius 2 is 1.23 bits per heavy atom. The number of nitriles is 1. The maximum absolute atomic E-state index is 9.55. The van der Waals surface area contributed by atoms with Gasteiger partial charge in [-0.25, -0.2) is 9.83 Å². The van der Waals surface area contributed by atoms with Gasteiger partial charge in [-0.2, -0.15) is 5.26 Å². The fourth-order valence-corrected chi connectivity index (χ4v) is 6.53. The maximum Gasteiger partial charge on any atom is 0.229 e. The Hall–Kier alpha value is -6.37. The molecule has 198 valence electrons. The van der Waals surface area contributed by atoms with E-state index in [2.05, 4.69) is 56.4 Å². The van der Waals surface area contributed by atoms with Gasteiger partial charge in [0.1, 0.15) is 22.8 Å². The van der Waals surface area contributed by atoms with Crippen molar-refractivity contribution in [1.82, 2.24) is 14.1 Å². The first-order valence-electron chi connectivity index (χ1n) is 13.9. The number of nitrogens with zero attached hydrogens (tertiary/aromatic N) is 5. The highest BCUT2D eigenvalue weighted by molar-refractivity contribution is 6.18. The van der Waals surface area contributed by atoms with Crippen LogP contribution in [0, 0.1) is 17.9 Å². The number of fused-ring (bicyclic) bond motifs is 9. The molecule has 0 unspecified atom stereocenters. The van der Waals surface area contributed by atoms with E-state index in [-0.39, 0.29) is 0 Å². The lowest BCUT2D eigenvalue weighted by Crippen LogP contribution is -2.03. The van der Waals surface area contributed by atoms with Gasteiger partial charge >= 0.3 is 0 Å². The molecule has 4 heterocycles. The lowest BCUT2D eigenvalue weighted by Gasteiger charge is -2.11. The normalized spacial score (nSPS) is 11.7. The summed E-state index contributed by atoms with van der Waals surface area (Å²) in [6.45, 7) is 7.60. The molecule has 4 aromatic heterocycles. The molecule has 0 amide bonds. The van der Waals surface area contributed by atoms with E-state index in [1.165, 1.54) is 0 Å². The number of hydrogen-bond acceptors (Lipinski definition) is 3. The molecule has 9 aromatic rings. The van der Waals surface area contributed by atoms with Crippen molar-refractivity contribution in [2.45, 2.75) is 0 Å². The second-order valence-electron chi connectivity index (χ2n) is 10.6. The van der Waals surface area contributed by atoms with Crippen LogP contribution in [-0.2, 0) is 0 Å². The average molecular weight is 550 g/mol. The molecule has 5 aromatic carbocycles. The summed E-state index contributed by atoms with van der Waals surface area (Å²) in [5.41, 5.74) is 6.58. The fraction of sp³-hybridized carbons (Fsp3) is 0. The molecule has 0 atom stereocenters. The van der Waals surface area contributed by atoms with Gasteiger partial charge in [-0.3, -0.25) is 9.13 Å². The summed E-state index contributed by atoms with van der Waals surface area (Å²) in [6.07, 6.45) is 0. The van der Waals surface area contributed by atoms with Gasteiger partial charge in [0.05, 0.1) is 40.3 Å². The van der Waals surface area contributed by atoms with Crippen LogP contribution in [0.4, 0.5) is 5.69 Å². The molecule has 0 N–H and O–H groups in total. The predicted octanol–water partition coefficient (Wildman–Crippen LogP) is 9.60. The first-order valence-corrected chi connectivity index (χ1v) is 13.9. The molecule has 6 heteroatoms. The third kappa shape index (κ3) is 3.18. The molecule has 9 rings (SSSR count). The zero-order valence-corrected chi connectivity index (χ0v) is 22.6. The number of pyridine rings is 1. The Balaban J connectivity index is 1.35. The number of aromatic nitrogens is 3. The van der Waals surface area contributed by atoms with E-state index in [1.54, 1.807) is 6.07 Å². The third-order valence-electron chi connectivity index (χ3n) is 8.37. The summed E-state index contributed by atoms with van der Waals surface area (Å²) in [7, 11) is 0. The van der Waals surface area contributed by atoms with Crippen molar-refractivity contribution < 1.29 is 4.42 Å². The summed E-state index contributed by atoms with van der Waals surface area (Å²) in [4.78, 5) is 8.93. The van der Waals surface area contributed by atoms with Gasteiger partial charge in [-0.1, -0.05) is 60.7 Å². The van der Waals surface area contributed by atoms with Crippen LogP contribution in [0.3, 0.4) is 0 Å². The summed E-state index contributed by atoms with van der Waals surface area (Å²) in [5.74, 6) is 1.58. The number of para-hydroxylation sites is 3. The van der Waals surface area contributed by atoms with Crippen LogP contribution in [0.25, 0.3) is 82.0 Å². The van der Waals surface area contributed by atoms with Crippen molar-refractivity contribution in [3.63, 3.8) is 0 Å². The van der Waals surface area contributed by atoms with Gasteiger partial charge in [0.15, 0.2) is 0 Å². The second kappa shape index (κ2) is 8.57. The zero-order valence-electron chi connectivity index (χ0n) is 22.6. The van der Waals surface area contributed by atoms with E-state index >= 15 is 0 Å². The van der Waals surface area contributed by atoms with E-state index in [9.17, 15) is 5.26 Å². The van der Waals surface area contributed by atoms with Gasteiger partial charge in [0.25, 0.3) is 0 Å². The molecule has 0 aliphatic rings. The Kier molecular flexibility index (Phi) is 4.65. The monoisotopic (exact) mass is 549 g/mol. The van der Waals surface area contributed by atoms with Gasteiger partial charge in [0, 0.05) is 32.3 Å². The first kappa shape index (κ1) is 23.3. The van der Waals surface area contributed by atoms with E-state index in [0.29, 0.717) is 16.8 Å². The van der Waals surface area contributed by atoms with Gasteiger partial charge in [-0.15, -0.1) is 0 Å². The molecule has 43 heavy (non-hydrogen) atoms. The maximum atomic E-state index is 9.55. The quantitative estimate of drug-likeness (QED) is 0.202. The minimum absolute atomic E-state index is 0.508. The summed E-state index contributed by atoms with van der Waals surface area (Å²) >= 11 is 0. The largest absolute Gasteiger partial charge is 0.467 e. The van der Waals surface area contributed by atoms with Crippen LogP contribution in [-0.4, -0.2) is 14.1 Å². The smallest absolute Gasteiger partial charge is 0.229 e. The van der Waals surface area contributed by atoms with Crippen LogP contribution < -0.4 is 0 Å².